The zero-order valence-electron chi connectivity index (χ0n) is 12.7. The van der Waals surface area contributed by atoms with Crippen LogP contribution in [0.25, 0.3) is 0 Å². The van der Waals surface area contributed by atoms with E-state index >= 15 is 0 Å². The Morgan fingerprint density at radius 2 is 2.09 bits per heavy atom. The Balaban J connectivity index is 1.53. The number of hydrogen-bond donors (Lipinski definition) is 1. The fourth-order valence-electron chi connectivity index (χ4n) is 3.18. The van der Waals surface area contributed by atoms with Gasteiger partial charge in [0.25, 0.3) is 11.5 Å². The predicted octanol–water partition coefficient (Wildman–Crippen LogP) is 1.29. The van der Waals surface area contributed by atoms with Crippen LogP contribution >= 0.6 is 0 Å². The number of carbonyl (C=O) groups is 1. The molecule has 4 rings (SSSR count). The van der Waals surface area contributed by atoms with Crippen LogP contribution in [0.15, 0.2) is 11.0 Å². The molecule has 2 atom stereocenters. The maximum atomic E-state index is 12.7. The highest BCUT2D eigenvalue weighted by Crippen LogP contribution is 2.38. The van der Waals surface area contributed by atoms with Crippen LogP contribution in [0.2, 0.25) is 0 Å². The lowest BCUT2D eigenvalue weighted by atomic mass is 10.1. The molecule has 1 amide bonds. The van der Waals surface area contributed by atoms with E-state index in [0.717, 1.165) is 12.8 Å². The second-order valence-electron chi connectivity index (χ2n) is 6.82. The third-order valence-corrected chi connectivity index (χ3v) is 4.73. The average molecular weight is 303 g/mol. The van der Waals surface area contributed by atoms with Crippen LogP contribution in [0.3, 0.4) is 0 Å². The lowest BCUT2D eigenvalue weighted by Gasteiger charge is -2.36. The first-order valence-corrected chi connectivity index (χ1v) is 8.16. The summed E-state index contributed by atoms with van der Waals surface area (Å²) in [4.78, 5) is 33.6. The van der Waals surface area contributed by atoms with Crippen molar-refractivity contribution in [1.29, 1.82) is 0 Å². The van der Waals surface area contributed by atoms with Gasteiger partial charge in [-0.1, -0.05) is 0 Å². The highest BCUT2D eigenvalue weighted by molar-refractivity contribution is 5.93. The highest BCUT2D eigenvalue weighted by Gasteiger charge is 2.39. The van der Waals surface area contributed by atoms with Gasteiger partial charge >= 0.3 is 0 Å². The van der Waals surface area contributed by atoms with Crippen molar-refractivity contribution in [3.8, 4) is 0 Å². The van der Waals surface area contributed by atoms with E-state index in [9.17, 15) is 9.59 Å². The smallest absolute Gasteiger partial charge is 0.263 e. The number of amides is 1. The molecule has 0 aromatic carbocycles. The summed E-state index contributed by atoms with van der Waals surface area (Å²) in [6, 6.07) is 0. The van der Waals surface area contributed by atoms with Crippen molar-refractivity contribution >= 4 is 5.91 Å². The molecule has 1 aromatic rings. The van der Waals surface area contributed by atoms with E-state index in [1.54, 1.807) is 4.90 Å². The van der Waals surface area contributed by atoms with Gasteiger partial charge in [-0.05, 0) is 38.5 Å². The second kappa shape index (κ2) is 5.19. The number of nitrogens with one attached hydrogen (secondary N) is 1. The molecule has 1 N–H and O–H groups in total. The summed E-state index contributed by atoms with van der Waals surface area (Å²) in [5.74, 6) is 1.44. The third-order valence-electron chi connectivity index (χ3n) is 4.73. The van der Waals surface area contributed by atoms with E-state index in [2.05, 4.69) is 9.97 Å². The monoisotopic (exact) mass is 303 g/mol. The number of hydrogen-bond acceptors (Lipinski definition) is 4. The molecule has 6 heteroatoms. The minimum absolute atomic E-state index is 0.0149. The van der Waals surface area contributed by atoms with Crippen molar-refractivity contribution < 1.29 is 9.53 Å². The van der Waals surface area contributed by atoms with Crippen molar-refractivity contribution in [1.82, 2.24) is 14.9 Å². The Morgan fingerprint density at radius 1 is 1.32 bits per heavy atom. The van der Waals surface area contributed by atoms with Gasteiger partial charge in [-0.2, -0.15) is 0 Å². The summed E-state index contributed by atoms with van der Waals surface area (Å²) in [6.45, 7) is 3.09. The lowest BCUT2D eigenvalue weighted by Crippen LogP contribution is -2.50. The van der Waals surface area contributed by atoms with Crippen LogP contribution in [0.4, 0.5) is 0 Å². The first-order chi connectivity index (χ1) is 10.6. The molecule has 1 saturated heterocycles. The molecule has 1 aliphatic heterocycles. The molecule has 6 nitrogen and oxygen atoms in total. The Kier molecular flexibility index (Phi) is 3.29. The van der Waals surface area contributed by atoms with Gasteiger partial charge in [0.1, 0.15) is 11.4 Å². The molecule has 22 heavy (non-hydrogen) atoms. The van der Waals surface area contributed by atoms with Crippen LogP contribution in [0, 0.1) is 5.92 Å². The van der Waals surface area contributed by atoms with Gasteiger partial charge in [0.05, 0.1) is 12.2 Å². The van der Waals surface area contributed by atoms with E-state index in [1.165, 1.54) is 19.0 Å². The van der Waals surface area contributed by atoms with Gasteiger partial charge in [0.15, 0.2) is 0 Å². The molecule has 3 aliphatic rings. The fourth-order valence-corrected chi connectivity index (χ4v) is 3.18. The molecule has 2 unspecified atom stereocenters. The van der Waals surface area contributed by atoms with Crippen molar-refractivity contribution in [2.75, 3.05) is 13.1 Å². The van der Waals surface area contributed by atoms with Crippen LogP contribution in [0.5, 0.6) is 0 Å². The number of morpholine rings is 1. The largest absolute Gasteiger partial charge is 0.371 e. The maximum absolute atomic E-state index is 12.7. The molecule has 0 radical (unpaired) electrons. The van der Waals surface area contributed by atoms with E-state index in [4.69, 9.17) is 4.74 Å². The Bertz CT molecular complexity index is 648. The summed E-state index contributed by atoms with van der Waals surface area (Å²) in [5, 5.41) is 0. The SMILES string of the molecule is CC1CN(C(=O)c2cnc(C3CC3)[nH]c2=O)CC(C2CC2)O1. The van der Waals surface area contributed by atoms with Crippen LogP contribution in [-0.2, 0) is 4.74 Å². The van der Waals surface area contributed by atoms with Crippen LogP contribution in [0.1, 0.15) is 54.7 Å². The number of aromatic nitrogens is 2. The minimum atomic E-state index is -0.316. The molecular weight excluding hydrogens is 282 g/mol. The molecule has 0 bridgehead atoms. The van der Waals surface area contributed by atoms with Gasteiger partial charge in [-0.25, -0.2) is 4.98 Å². The second-order valence-corrected chi connectivity index (χ2v) is 6.82. The third kappa shape index (κ3) is 2.67. The number of H-pyrrole nitrogens is 1. The molecule has 0 spiro atoms. The Hall–Kier alpha value is -1.69. The standard InChI is InChI=1S/C16H21N3O3/c1-9-7-19(8-13(22-9)10-2-3-10)16(21)12-6-17-14(11-4-5-11)18-15(12)20/h6,9-11,13H,2-5,7-8H2,1H3,(H,17,18,20). The number of aromatic amines is 1. The normalized spacial score (nSPS) is 28.7. The summed E-state index contributed by atoms with van der Waals surface area (Å²) in [5.41, 5.74) is -0.169. The van der Waals surface area contributed by atoms with E-state index in [1.807, 2.05) is 6.92 Å². The summed E-state index contributed by atoms with van der Waals surface area (Å²) < 4.78 is 5.92. The van der Waals surface area contributed by atoms with Crippen LogP contribution < -0.4 is 5.56 Å². The molecular formula is C16H21N3O3. The van der Waals surface area contributed by atoms with E-state index < -0.39 is 0 Å². The first kappa shape index (κ1) is 13.9. The number of nitrogens with zero attached hydrogens (tertiary/aromatic N) is 2. The number of rotatable bonds is 3. The van der Waals surface area contributed by atoms with Gasteiger partial charge in [0.2, 0.25) is 0 Å². The molecule has 2 heterocycles. The summed E-state index contributed by atoms with van der Waals surface area (Å²) in [7, 11) is 0. The average Bonchev–Trinajstić information content (AvgIpc) is 3.39. The lowest BCUT2D eigenvalue weighted by molar-refractivity contribution is -0.0762. The van der Waals surface area contributed by atoms with Gasteiger partial charge < -0.3 is 14.6 Å². The quantitative estimate of drug-likeness (QED) is 0.913. The minimum Gasteiger partial charge on any atom is -0.371 e. The zero-order chi connectivity index (χ0) is 15.3. The zero-order valence-corrected chi connectivity index (χ0v) is 12.7. The van der Waals surface area contributed by atoms with E-state index in [-0.39, 0.29) is 29.2 Å². The molecule has 118 valence electrons. The molecule has 1 aromatic heterocycles. The van der Waals surface area contributed by atoms with Crippen molar-refractivity contribution in [2.24, 2.45) is 5.92 Å². The van der Waals surface area contributed by atoms with Crippen molar-refractivity contribution in [3.05, 3.63) is 27.9 Å². The number of ether oxygens (including phenoxy) is 1. The molecule has 2 aliphatic carbocycles. The molecule has 2 saturated carbocycles. The van der Waals surface area contributed by atoms with Gasteiger partial charge in [-0.3, -0.25) is 9.59 Å². The summed E-state index contributed by atoms with van der Waals surface area (Å²) >= 11 is 0. The number of carbonyl (C=O) groups excluding carboxylic acids is 1. The van der Waals surface area contributed by atoms with Crippen LogP contribution in [-0.4, -0.2) is 46.1 Å². The summed E-state index contributed by atoms with van der Waals surface area (Å²) in [6.07, 6.45) is 6.07. The van der Waals surface area contributed by atoms with Gasteiger partial charge in [-0.15, -0.1) is 0 Å². The molecule has 3 fully saturated rings. The maximum Gasteiger partial charge on any atom is 0.263 e. The van der Waals surface area contributed by atoms with Gasteiger partial charge in [0, 0.05) is 25.2 Å². The topological polar surface area (TPSA) is 75.3 Å². The van der Waals surface area contributed by atoms with E-state index in [0.29, 0.717) is 30.7 Å². The first-order valence-electron chi connectivity index (χ1n) is 8.16. The Labute approximate surface area is 128 Å². The van der Waals surface area contributed by atoms with Crippen molar-refractivity contribution in [2.45, 2.75) is 50.7 Å². The fraction of sp³-hybridized carbons (Fsp3) is 0.688. The van der Waals surface area contributed by atoms with Crippen molar-refractivity contribution in [3.63, 3.8) is 0 Å². The Morgan fingerprint density at radius 3 is 2.73 bits per heavy atom. The highest BCUT2D eigenvalue weighted by atomic mass is 16.5. The predicted molar refractivity (Wildman–Crippen MR) is 79.8 cm³/mol.